The van der Waals surface area contributed by atoms with Crippen molar-refractivity contribution in [3.8, 4) is 0 Å². The number of anilines is 1. The van der Waals surface area contributed by atoms with Gasteiger partial charge in [-0.1, -0.05) is 56.3 Å². The Morgan fingerprint density at radius 2 is 1.74 bits per heavy atom. The van der Waals surface area contributed by atoms with Crippen molar-refractivity contribution in [3.05, 3.63) is 82.9 Å². The number of carbonyl (C=O) groups excluding carboxylic acids is 1. The molecule has 0 unspecified atom stereocenters. The first kappa shape index (κ1) is 19.9. The van der Waals surface area contributed by atoms with E-state index in [1.807, 2.05) is 36.4 Å². The minimum atomic E-state index is -4.44. The van der Waals surface area contributed by atoms with Crippen LogP contribution < -0.4 is 5.32 Å². The van der Waals surface area contributed by atoms with Gasteiger partial charge in [0.1, 0.15) is 0 Å². The van der Waals surface area contributed by atoms with Gasteiger partial charge in [-0.25, -0.2) is 0 Å². The average Bonchev–Trinajstić information content (AvgIpc) is 2.71. The normalized spacial score (nSPS) is 20.3. The van der Waals surface area contributed by atoms with E-state index in [9.17, 15) is 18.0 Å². The van der Waals surface area contributed by atoms with Crippen molar-refractivity contribution < 1.29 is 18.0 Å². The Balaban J connectivity index is 1.76. The Morgan fingerprint density at radius 1 is 0.968 bits per heavy atom. The molecule has 5 heteroatoms. The van der Waals surface area contributed by atoms with Crippen LogP contribution in [0.3, 0.4) is 0 Å². The van der Waals surface area contributed by atoms with E-state index in [0.717, 1.165) is 39.7 Å². The van der Waals surface area contributed by atoms with E-state index in [0.29, 0.717) is 24.0 Å². The molecule has 5 rings (SSSR count). The van der Waals surface area contributed by atoms with Gasteiger partial charge in [-0.3, -0.25) is 4.79 Å². The van der Waals surface area contributed by atoms with Crippen LogP contribution >= 0.6 is 0 Å². The van der Waals surface area contributed by atoms with E-state index >= 15 is 0 Å². The first-order valence-electron chi connectivity index (χ1n) is 10.4. The molecule has 2 aliphatic rings. The van der Waals surface area contributed by atoms with E-state index < -0.39 is 17.8 Å². The molecule has 1 aliphatic heterocycles. The molecule has 1 atom stereocenters. The third-order valence-electron chi connectivity index (χ3n) is 6.29. The highest BCUT2D eigenvalue weighted by Gasteiger charge is 2.41. The molecule has 0 saturated carbocycles. The fourth-order valence-electron chi connectivity index (χ4n) is 4.98. The zero-order chi connectivity index (χ0) is 22.0. The minimum Gasteiger partial charge on any atom is -0.373 e. The molecular formula is C26H22F3NO. The monoisotopic (exact) mass is 421 g/mol. The van der Waals surface area contributed by atoms with Gasteiger partial charge in [0.25, 0.3) is 0 Å². The molecule has 158 valence electrons. The van der Waals surface area contributed by atoms with Crippen molar-refractivity contribution in [1.29, 1.82) is 0 Å². The van der Waals surface area contributed by atoms with Crippen molar-refractivity contribution in [1.82, 2.24) is 0 Å². The topological polar surface area (TPSA) is 29.1 Å². The average molecular weight is 421 g/mol. The van der Waals surface area contributed by atoms with Crippen LogP contribution in [0, 0.1) is 5.41 Å². The molecule has 0 bridgehead atoms. The molecule has 0 saturated heterocycles. The third-order valence-corrected chi connectivity index (χ3v) is 6.29. The maximum atomic E-state index is 13.4. The lowest BCUT2D eigenvalue weighted by Crippen LogP contribution is -2.33. The summed E-state index contributed by atoms with van der Waals surface area (Å²) in [6.45, 7) is 4.14. The van der Waals surface area contributed by atoms with Crippen molar-refractivity contribution >= 4 is 27.8 Å². The first-order chi connectivity index (χ1) is 14.6. The predicted octanol–water partition coefficient (Wildman–Crippen LogP) is 7.17. The molecule has 2 nitrogen and oxygen atoms in total. The van der Waals surface area contributed by atoms with Crippen molar-refractivity contribution in [2.45, 2.75) is 38.9 Å². The molecule has 3 aromatic carbocycles. The lowest BCUT2D eigenvalue weighted by Gasteiger charge is -2.40. The summed E-state index contributed by atoms with van der Waals surface area (Å²) in [6.07, 6.45) is -3.36. The Labute approximate surface area is 178 Å². The van der Waals surface area contributed by atoms with Crippen LogP contribution in [0.25, 0.3) is 16.3 Å². The highest BCUT2D eigenvalue weighted by molar-refractivity contribution is 6.12. The van der Waals surface area contributed by atoms with E-state index in [4.69, 9.17) is 0 Å². The maximum absolute atomic E-state index is 13.4. The molecule has 31 heavy (non-hydrogen) atoms. The number of fused-ring (bicyclic) bond motifs is 4. The Bertz CT molecular complexity index is 1250. The highest BCUT2D eigenvalue weighted by Crippen LogP contribution is 2.52. The smallest absolute Gasteiger partial charge is 0.373 e. The fraction of sp³-hybridized carbons (Fsp3) is 0.269. The first-order valence-corrected chi connectivity index (χ1v) is 10.4. The van der Waals surface area contributed by atoms with Gasteiger partial charge in [0.05, 0.1) is 11.6 Å². The van der Waals surface area contributed by atoms with E-state index in [1.54, 1.807) is 6.07 Å². The van der Waals surface area contributed by atoms with Crippen LogP contribution in [0.5, 0.6) is 0 Å². The largest absolute Gasteiger partial charge is 0.416 e. The molecular weight excluding hydrogens is 399 g/mol. The molecule has 1 aliphatic carbocycles. The highest BCUT2D eigenvalue weighted by atomic mass is 19.4. The van der Waals surface area contributed by atoms with Crippen LogP contribution in [0.1, 0.15) is 49.4 Å². The quantitative estimate of drug-likeness (QED) is 0.451. The number of benzene rings is 3. The summed E-state index contributed by atoms with van der Waals surface area (Å²) in [4.78, 5) is 13.3. The van der Waals surface area contributed by atoms with E-state index in [1.165, 1.54) is 6.07 Å². The number of allylic oxidation sites excluding steroid dienone is 1. The maximum Gasteiger partial charge on any atom is 0.416 e. The zero-order valence-electron chi connectivity index (χ0n) is 17.3. The number of hydrogen-bond acceptors (Lipinski definition) is 2. The van der Waals surface area contributed by atoms with Crippen LogP contribution in [-0.4, -0.2) is 5.78 Å². The number of rotatable bonds is 1. The number of Topliss-reactive ketones (excluding diaryl/α,β-unsaturated/α-hetero) is 1. The second-order valence-corrected chi connectivity index (χ2v) is 9.24. The molecule has 3 aromatic rings. The number of hydrogen-bond donors (Lipinski definition) is 1. The number of alkyl halides is 3. The molecule has 1 heterocycles. The van der Waals surface area contributed by atoms with Gasteiger partial charge in [-0.15, -0.1) is 0 Å². The fourth-order valence-corrected chi connectivity index (χ4v) is 4.98. The third kappa shape index (κ3) is 3.32. The van der Waals surface area contributed by atoms with Crippen molar-refractivity contribution in [2.75, 3.05) is 5.32 Å². The van der Waals surface area contributed by atoms with Gasteiger partial charge in [-0.2, -0.15) is 13.2 Å². The Kier molecular flexibility index (Phi) is 4.30. The lowest BCUT2D eigenvalue weighted by molar-refractivity contribution is -0.137. The SMILES string of the molecule is CC1(C)CC(=O)C2=C(C1)c1c(ccc3ccccc13)N[C@H]2c1cccc(C(F)(F)F)c1. The second-order valence-electron chi connectivity index (χ2n) is 9.24. The van der Waals surface area contributed by atoms with Crippen molar-refractivity contribution in [3.63, 3.8) is 0 Å². The summed E-state index contributed by atoms with van der Waals surface area (Å²) < 4.78 is 40.1. The number of nitrogens with one attached hydrogen (secondary N) is 1. The molecule has 0 fully saturated rings. The summed E-state index contributed by atoms with van der Waals surface area (Å²) in [7, 11) is 0. The molecule has 0 amide bonds. The van der Waals surface area contributed by atoms with Gasteiger partial charge in [-0.05, 0) is 51.9 Å². The van der Waals surface area contributed by atoms with Crippen LogP contribution in [0.15, 0.2) is 66.2 Å². The van der Waals surface area contributed by atoms with Crippen LogP contribution in [-0.2, 0) is 11.0 Å². The van der Waals surface area contributed by atoms with E-state index in [2.05, 4.69) is 19.2 Å². The standard InChI is InChI=1S/C26H22F3NO/c1-25(2)13-19-22-18-9-4-3-6-15(18)10-11-20(22)30-24(23(19)21(31)14-25)16-7-5-8-17(12-16)26(27,28)29/h3-12,24,30H,13-14H2,1-2H3/t24-/m0/s1. The van der Waals surface area contributed by atoms with Crippen molar-refractivity contribution in [2.24, 2.45) is 5.41 Å². The predicted molar refractivity (Wildman–Crippen MR) is 117 cm³/mol. The minimum absolute atomic E-state index is 0.000235. The molecule has 0 radical (unpaired) electrons. The number of ketones is 1. The van der Waals surface area contributed by atoms with Gasteiger partial charge in [0.15, 0.2) is 5.78 Å². The molecule has 0 aromatic heterocycles. The summed E-state index contributed by atoms with van der Waals surface area (Å²) in [6, 6.07) is 16.7. The van der Waals surface area contributed by atoms with Gasteiger partial charge < -0.3 is 5.32 Å². The summed E-state index contributed by atoms with van der Waals surface area (Å²) >= 11 is 0. The Hall–Kier alpha value is -3.08. The van der Waals surface area contributed by atoms with Gasteiger partial charge in [0, 0.05) is 23.2 Å². The number of halogens is 3. The van der Waals surface area contributed by atoms with E-state index in [-0.39, 0.29) is 11.2 Å². The summed E-state index contributed by atoms with van der Waals surface area (Å²) in [5, 5.41) is 5.52. The Morgan fingerprint density at radius 3 is 2.52 bits per heavy atom. The zero-order valence-corrected chi connectivity index (χ0v) is 17.3. The summed E-state index contributed by atoms with van der Waals surface area (Å²) in [5.41, 5.74) is 2.94. The summed E-state index contributed by atoms with van der Waals surface area (Å²) in [5.74, 6) is -0.000235. The number of carbonyl (C=O) groups is 1. The van der Waals surface area contributed by atoms with Crippen LogP contribution in [0.2, 0.25) is 0 Å². The molecule has 0 spiro atoms. The van der Waals surface area contributed by atoms with Crippen LogP contribution in [0.4, 0.5) is 18.9 Å². The van der Waals surface area contributed by atoms with Gasteiger partial charge in [0.2, 0.25) is 0 Å². The van der Waals surface area contributed by atoms with Gasteiger partial charge >= 0.3 is 6.18 Å². The second kappa shape index (κ2) is 6.71. The lowest BCUT2D eigenvalue weighted by atomic mass is 9.68. The molecule has 1 N–H and O–H groups in total.